The van der Waals surface area contributed by atoms with Crippen LogP contribution < -0.4 is 10.2 Å². The van der Waals surface area contributed by atoms with Gasteiger partial charge in [0.1, 0.15) is 5.82 Å². The molecule has 1 heterocycles. The molecule has 2 rings (SSSR count). The standard InChI is InChI=1S/C15H25N3O/c1-3-6-16-10-13-9-12(2)15(17-11-13)18(7-8-19)14-4-5-14/h9,11,14,16,19H,3-8,10H2,1-2H3. The first-order valence-electron chi connectivity index (χ1n) is 7.30. The first-order valence-corrected chi connectivity index (χ1v) is 7.30. The number of aryl methyl sites for hydroxylation is 1. The third-order valence-electron chi connectivity index (χ3n) is 3.46. The molecular weight excluding hydrogens is 238 g/mol. The maximum atomic E-state index is 9.18. The molecule has 0 unspecified atom stereocenters. The van der Waals surface area contributed by atoms with Gasteiger partial charge in [-0.3, -0.25) is 0 Å². The molecule has 1 aromatic heterocycles. The van der Waals surface area contributed by atoms with E-state index < -0.39 is 0 Å². The summed E-state index contributed by atoms with van der Waals surface area (Å²) in [5.74, 6) is 1.04. The Morgan fingerprint density at radius 2 is 2.26 bits per heavy atom. The maximum Gasteiger partial charge on any atom is 0.131 e. The van der Waals surface area contributed by atoms with Crippen LogP contribution in [0.4, 0.5) is 5.82 Å². The Morgan fingerprint density at radius 3 is 2.84 bits per heavy atom. The van der Waals surface area contributed by atoms with Crippen LogP contribution in [0.25, 0.3) is 0 Å². The van der Waals surface area contributed by atoms with Crippen molar-refractivity contribution in [3.05, 3.63) is 23.4 Å². The summed E-state index contributed by atoms with van der Waals surface area (Å²) in [7, 11) is 0. The van der Waals surface area contributed by atoms with Gasteiger partial charge < -0.3 is 15.3 Å². The zero-order valence-corrected chi connectivity index (χ0v) is 12.0. The smallest absolute Gasteiger partial charge is 0.131 e. The quantitative estimate of drug-likeness (QED) is 0.703. The van der Waals surface area contributed by atoms with Crippen molar-refractivity contribution in [1.82, 2.24) is 10.3 Å². The van der Waals surface area contributed by atoms with Crippen LogP contribution in [0.5, 0.6) is 0 Å². The summed E-state index contributed by atoms with van der Waals surface area (Å²) in [5.41, 5.74) is 2.44. The molecule has 1 aliphatic rings. The second-order valence-electron chi connectivity index (χ2n) is 5.31. The lowest BCUT2D eigenvalue weighted by Gasteiger charge is -2.24. The van der Waals surface area contributed by atoms with Gasteiger partial charge in [-0.15, -0.1) is 0 Å². The van der Waals surface area contributed by atoms with E-state index in [0.717, 1.165) is 25.3 Å². The van der Waals surface area contributed by atoms with Gasteiger partial charge in [-0.05, 0) is 49.9 Å². The Kier molecular flexibility index (Phi) is 5.16. The minimum absolute atomic E-state index is 0.192. The van der Waals surface area contributed by atoms with Crippen LogP contribution in [-0.2, 0) is 6.54 Å². The second-order valence-corrected chi connectivity index (χ2v) is 5.31. The zero-order valence-electron chi connectivity index (χ0n) is 12.0. The number of aliphatic hydroxyl groups excluding tert-OH is 1. The SMILES string of the molecule is CCCNCc1cnc(N(CCO)C2CC2)c(C)c1. The highest BCUT2D eigenvalue weighted by Crippen LogP contribution is 2.32. The van der Waals surface area contributed by atoms with Crippen LogP contribution in [0.1, 0.15) is 37.3 Å². The number of nitrogens with zero attached hydrogens (tertiary/aromatic N) is 2. The molecule has 4 heteroatoms. The number of hydrogen-bond acceptors (Lipinski definition) is 4. The Labute approximate surface area is 115 Å². The molecule has 1 aliphatic carbocycles. The lowest BCUT2D eigenvalue weighted by atomic mass is 10.2. The van der Waals surface area contributed by atoms with Crippen molar-refractivity contribution < 1.29 is 5.11 Å². The first-order chi connectivity index (χ1) is 9.26. The van der Waals surface area contributed by atoms with E-state index in [4.69, 9.17) is 0 Å². The maximum absolute atomic E-state index is 9.18. The number of hydrogen-bond donors (Lipinski definition) is 2. The molecule has 4 nitrogen and oxygen atoms in total. The van der Waals surface area contributed by atoms with E-state index in [0.29, 0.717) is 12.6 Å². The highest BCUT2D eigenvalue weighted by Gasteiger charge is 2.30. The third kappa shape index (κ3) is 3.91. The summed E-state index contributed by atoms with van der Waals surface area (Å²) in [6, 6.07) is 2.79. The molecule has 106 valence electrons. The largest absolute Gasteiger partial charge is 0.395 e. The van der Waals surface area contributed by atoms with Crippen LogP contribution in [-0.4, -0.2) is 35.8 Å². The molecular formula is C15H25N3O. The van der Waals surface area contributed by atoms with Gasteiger partial charge in [-0.25, -0.2) is 4.98 Å². The fraction of sp³-hybridized carbons (Fsp3) is 0.667. The van der Waals surface area contributed by atoms with E-state index in [2.05, 4.69) is 35.1 Å². The Morgan fingerprint density at radius 1 is 1.47 bits per heavy atom. The third-order valence-corrected chi connectivity index (χ3v) is 3.46. The monoisotopic (exact) mass is 263 g/mol. The van der Waals surface area contributed by atoms with Crippen LogP contribution in [0.3, 0.4) is 0 Å². The van der Waals surface area contributed by atoms with Gasteiger partial charge in [0, 0.05) is 25.3 Å². The highest BCUT2D eigenvalue weighted by atomic mass is 16.3. The van der Waals surface area contributed by atoms with Crippen molar-refractivity contribution in [3.63, 3.8) is 0 Å². The van der Waals surface area contributed by atoms with Gasteiger partial charge in [0.05, 0.1) is 6.61 Å². The molecule has 0 spiro atoms. The topological polar surface area (TPSA) is 48.4 Å². The molecule has 19 heavy (non-hydrogen) atoms. The van der Waals surface area contributed by atoms with Crippen LogP contribution in [0, 0.1) is 6.92 Å². The highest BCUT2D eigenvalue weighted by molar-refractivity contribution is 5.49. The van der Waals surface area contributed by atoms with Crippen LogP contribution >= 0.6 is 0 Å². The summed E-state index contributed by atoms with van der Waals surface area (Å²) in [6.45, 7) is 7.08. The fourth-order valence-corrected chi connectivity index (χ4v) is 2.39. The Bertz CT molecular complexity index is 404. The average molecular weight is 263 g/mol. The van der Waals surface area contributed by atoms with Gasteiger partial charge in [-0.1, -0.05) is 6.92 Å². The van der Waals surface area contributed by atoms with E-state index in [1.165, 1.54) is 24.0 Å². The minimum atomic E-state index is 0.192. The number of anilines is 1. The molecule has 0 amide bonds. The molecule has 2 N–H and O–H groups in total. The summed E-state index contributed by atoms with van der Waals surface area (Å²) >= 11 is 0. The van der Waals surface area contributed by atoms with Crippen LogP contribution in [0.2, 0.25) is 0 Å². The number of aromatic nitrogens is 1. The summed E-state index contributed by atoms with van der Waals surface area (Å²) in [5, 5.41) is 12.6. The van der Waals surface area contributed by atoms with Crippen LogP contribution in [0.15, 0.2) is 12.3 Å². The van der Waals surface area contributed by atoms with E-state index in [9.17, 15) is 5.11 Å². The van der Waals surface area contributed by atoms with E-state index in [-0.39, 0.29) is 6.61 Å². The Hall–Kier alpha value is -1.13. The Balaban J connectivity index is 2.04. The van der Waals surface area contributed by atoms with Gasteiger partial charge >= 0.3 is 0 Å². The molecule has 1 fully saturated rings. The fourth-order valence-electron chi connectivity index (χ4n) is 2.39. The molecule has 0 bridgehead atoms. The van der Waals surface area contributed by atoms with E-state index in [1.54, 1.807) is 0 Å². The lowest BCUT2D eigenvalue weighted by Crippen LogP contribution is -2.30. The molecule has 1 aromatic rings. The zero-order chi connectivity index (χ0) is 13.7. The molecule has 0 radical (unpaired) electrons. The van der Waals surface area contributed by atoms with Crippen molar-refractivity contribution in [3.8, 4) is 0 Å². The van der Waals surface area contributed by atoms with Gasteiger partial charge in [0.2, 0.25) is 0 Å². The first kappa shape index (κ1) is 14.3. The van der Waals surface area contributed by atoms with E-state index in [1.807, 2.05) is 6.20 Å². The van der Waals surface area contributed by atoms with E-state index >= 15 is 0 Å². The predicted molar refractivity (Wildman–Crippen MR) is 78.4 cm³/mol. The van der Waals surface area contributed by atoms with Crippen molar-refractivity contribution >= 4 is 5.82 Å². The average Bonchev–Trinajstić information content (AvgIpc) is 3.21. The van der Waals surface area contributed by atoms with Gasteiger partial charge in [0.15, 0.2) is 0 Å². The van der Waals surface area contributed by atoms with Gasteiger partial charge in [-0.2, -0.15) is 0 Å². The second kappa shape index (κ2) is 6.87. The number of aliphatic hydroxyl groups is 1. The number of pyridine rings is 1. The summed E-state index contributed by atoms with van der Waals surface area (Å²) < 4.78 is 0. The molecule has 0 aromatic carbocycles. The number of nitrogens with one attached hydrogen (secondary N) is 1. The molecule has 0 saturated heterocycles. The van der Waals surface area contributed by atoms with Crippen molar-refractivity contribution in [2.24, 2.45) is 0 Å². The normalized spacial score (nSPS) is 14.7. The summed E-state index contributed by atoms with van der Waals surface area (Å²) in [6.07, 6.45) is 5.55. The molecule has 1 saturated carbocycles. The van der Waals surface area contributed by atoms with Gasteiger partial charge in [0.25, 0.3) is 0 Å². The number of rotatable bonds is 8. The molecule has 0 aliphatic heterocycles. The summed E-state index contributed by atoms with van der Waals surface area (Å²) in [4.78, 5) is 6.86. The minimum Gasteiger partial charge on any atom is -0.395 e. The molecule has 0 atom stereocenters. The van der Waals surface area contributed by atoms with Crippen molar-refractivity contribution in [1.29, 1.82) is 0 Å². The van der Waals surface area contributed by atoms with Crippen molar-refractivity contribution in [2.45, 2.75) is 45.7 Å². The lowest BCUT2D eigenvalue weighted by molar-refractivity contribution is 0.301. The predicted octanol–water partition coefficient (Wildman–Crippen LogP) is 1.85. The van der Waals surface area contributed by atoms with Crippen molar-refractivity contribution in [2.75, 3.05) is 24.6 Å².